The van der Waals surface area contributed by atoms with E-state index in [0.29, 0.717) is 27.5 Å². The van der Waals surface area contributed by atoms with Crippen LogP contribution in [-0.2, 0) is 0 Å². The molecule has 4 aromatic carbocycles. The second kappa shape index (κ2) is 11.1. The van der Waals surface area contributed by atoms with Gasteiger partial charge < -0.3 is 15.4 Å². The fraction of sp³-hybridized carbons (Fsp3) is 0.156. The average molecular weight is 538 g/mol. The minimum Gasteiger partial charge on any atom is -0.478 e. The molecule has 1 aromatic heterocycles. The van der Waals surface area contributed by atoms with Gasteiger partial charge in [-0.25, -0.2) is 9.78 Å². The molecule has 39 heavy (non-hydrogen) atoms. The second-order valence-electron chi connectivity index (χ2n) is 9.59. The first kappa shape index (κ1) is 26.2. The van der Waals surface area contributed by atoms with E-state index in [1.807, 2.05) is 61.5 Å². The van der Waals surface area contributed by atoms with Crippen LogP contribution in [0.15, 0.2) is 84.9 Å². The first-order valence-corrected chi connectivity index (χ1v) is 13.2. The highest BCUT2D eigenvalue weighted by atomic mass is 35.5. The third kappa shape index (κ3) is 5.56. The van der Waals surface area contributed by atoms with Crippen molar-refractivity contribution in [2.24, 2.45) is 0 Å². The summed E-state index contributed by atoms with van der Waals surface area (Å²) < 4.78 is 0. The topological polar surface area (TPSA) is 95.1 Å². The molecule has 0 saturated carbocycles. The van der Waals surface area contributed by atoms with Crippen molar-refractivity contribution in [3.8, 4) is 22.5 Å². The third-order valence-corrected chi connectivity index (χ3v) is 7.00. The number of carbonyl (C=O) groups is 2. The van der Waals surface area contributed by atoms with Crippen LogP contribution in [-0.4, -0.2) is 27.0 Å². The summed E-state index contributed by atoms with van der Waals surface area (Å²) in [5, 5.41) is 13.7. The van der Waals surface area contributed by atoms with Crippen molar-refractivity contribution in [1.82, 2.24) is 15.3 Å². The number of aromatic nitrogens is 2. The highest BCUT2D eigenvalue weighted by molar-refractivity contribution is 6.31. The van der Waals surface area contributed by atoms with Crippen LogP contribution in [0.2, 0.25) is 5.02 Å². The van der Waals surface area contributed by atoms with Crippen LogP contribution in [0.3, 0.4) is 0 Å². The summed E-state index contributed by atoms with van der Waals surface area (Å²) in [5.41, 5.74) is 5.84. The average Bonchev–Trinajstić information content (AvgIpc) is 3.35. The Balaban J connectivity index is 1.54. The van der Waals surface area contributed by atoms with Gasteiger partial charge in [-0.3, -0.25) is 4.79 Å². The molecule has 1 atom stereocenters. The molecule has 5 rings (SSSR count). The quantitative estimate of drug-likeness (QED) is 0.188. The maximum absolute atomic E-state index is 13.3. The number of fused-ring (bicyclic) bond motifs is 1. The van der Waals surface area contributed by atoms with Crippen molar-refractivity contribution in [2.75, 3.05) is 0 Å². The Morgan fingerprint density at radius 3 is 2.46 bits per heavy atom. The Morgan fingerprint density at radius 2 is 1.72 bits per heavy atom. The fourth-order valence-electron chi connectivity index (χ4n) is 4.83. The van der Waals surface area contributed by atoms with Crippen molar-refractivity contribution < 1.29 is 14.7 Å². The summed E-state index contributed by atoms with van der Waals surface area (Å²) >= 11 is 6.37. The maximum atomic E-state index is 13.3. The van der Waals surface area contributed by atoms with E-state index in [1.165, 1.54) is 6.07 Å². The Labute approximate surface area is 231 Å². The number of aromatic carboxylic acids is 1. The van der Waals surface area contributed by atoms with Gasteiger partial charge >= 0.3 is 5.97 Å². The lowest BCUT2D eigenvalue weighted by Gasteiger charge is -2.19. The minimum atomic E-state index is -1.14. The van der Waals surface area contributed by atoms with Crippen LogP contribution in [0.25, 0.3) is 33.5 Å². The number of hydrogen-bond donors (Lipinski definition) is 3. The lowest BCUT2D eigenvalue weighted by atomic mass is 9.93. The largest absolute Gasteiger partial charge is 0.478 e. The monoisotopic (exact) mass is 537 g/mol. The van der Waals surface area contributed by atoms with Crippen molar-refractivity contribution in [3.05, 3.63) is 112 Å². The van der Waals surface area contributed by atoms with Gasteiger partial charge in [0.1, 0.15) is 5.82 Å². The SMILES string of the molecule is CCC[C@@H](NC(=O)c1ccc(-c2cc(Cl)ccc2-c2nc3ccc(C)cc3[nH]2)c(C(=O)O)c1)c1ccccc1. The van der Waals surface area contributed by atoms with E-state index in [0.717, 1.165) is 35.0 Å². The number of aromatic amines is 1. The van der Waals surface area contributed by atoms with E-state index in [4.69, 9.17) is 16.6 Å². The Morgan fingerprint density at radius 1 is 0.949 bits per heavy atom. The third-order valence-electron chi connectivity index (χ3n) is 6.76. The van der Waals surface area contributed by atoms with Gasteiger partial charge in [0.25, 0.3) is 5.91 Å². The van der Waals surface area contributed by atoms with Crippen LogP contribution < -0.4 is 5.32 Å². The Kier molecular flexibility index (Phi) is 7.48. The van der Waals surface area contributed by atoms with E-state index < -0.39 is 5.97 Å². The summed E-state index contributed by atoms with van der Waals surface area (Å²) in [5.74, 6) is -0.866. The molecule has 0 radical (unpaired) electrons. The van der Waals surface area contributed by atoms with E-state index >= 15 is 0 Å². The number of carboxylic acids is 1. The number of nitrogens with one attached hydrogen (secondary N) is 2. The molecule has 0 bridgehead atoms. The molecule has 0 aliphatic heterocycles. The summed E-state index contributed by atoms with van der Waals surface area (Å²) in [7, 11) is 0. The van der Waals surface area contributed by atoms with E-state index in [9.17, 15) is 14.7 Å². The molecule has 0 aliphatic rings. The first-order chi connectivity index (χ1) is 18.8. The molecule has 6 nitrogen and oxygen atoms in total. The number of carboxylic acid groups (broad SMARTS) is 1. The molecular formula is C32H28ClN3O3. The Hall–Kier alpha value is -4.42. The molecule has 0 fully saturated rings. The predicted octanol–water partition coefficient (Wildman–Crippen LogP) is 7.83. The molecule has 5 aromatic rings. The molecular weight excluding hydrogens is 510 g/mol. The van der Waals surface area contributed by atoms with Crippen LogP contribution in [0, 0.1) is 6.92 Å². The van der Waals surface area contributed by atoms with E-state index in [2.05, 4.69) is 17.2 Å². The smallest absolute Gasteiger partial charge is 0.336 e. The molecule has 0 unspecified atom stereocenters. The number of carbonyl (C=O) groups excluding carboxylic acids is 1. The lowest BCUT2D eigenvalue weighted by Crippen LogP contribution is -2.28. The highest BCUT2D eigenvalue weighted by Crippen LogP contribution is 2.36. The van der Waals surface area contributed by atoms with Gasteiger partial charge in [-0.05, 0) is 78.1 Å². The lowest BCUT2D eigenvalue weighted by molar-refractivity contribution is 0.0697. The number of nitrogens with zero attached hydrogens (tertiary/aromatic N) is 1. The zero-order valence-electron chi connectivity index (χ0n) is 21.7. The molecule has 3 N–H and O–H groups in total. The van der Waals surface area contributed by atoms with Gasteiger partial charge in [0.15, 0.2) is 0 Å². The molecule has 1 amide bonds. The number of benzene rings is 4. The summed E-state index contributed by atoms with van der Waals surface area (Å²) in [4.78, 5) is 33.8. The molecule has 0 spiro atoms. The number of hydrogen-bond acceptors (Lipinski definition) is 3. The number of H-pyrrole nitrogens is 1. The van der Waals surface area contributed by atoms with Crippen molar-refractivity contribution in [3.63, 3.8) is 0 Å². The van der Waals surface area contributed by atoms with Crippen molar-refractivity contribution >= 4 is 34.5 Å². The van der Waals surface area contributed by atoms with Gasteiger partial charge in [-0.1, -0.05) is 67.4 Å². The second-order valence-corrected chi connectivity index (χ2v) is 10.0. The number of aryl methyl sites for hydroxylation is 1. The highest BCUT2D eigenvalue weighted by Gasteiger charge is 2.21. The molecule has 0 aliphatic carbocycles. The summed E-state index contributed by atoms with van der Waals surface area (Å²) in [6.45, 7) is 4.07. The van der Waals surface area contributed by atoms with Crippen LogP contribution in [0.1, 0.15) is 57.7 Å². The minimum absolute atomic E-state index is 0.00451. The molecule has 196 valence electrons. The molecule has 7 heteroatoms. The number of imidazole rings is 1. The van der Waals surface area contributed by atoms with Crippen molar-refractivity contribution in [1.29, 1.82) is 0 Å². The zero-order valence-corrected chi connectivity index (χ0v) is 22.4. The molecule has 0 saturated heterocycles. The van der Waals surface area contributed by atoms with E-state index in [-0.39, 0.29) is 23.1 Å². The van der Waals surface area contributed by atoms with E-state index in [1.54, 1.807) is 24.3 Å². The van der Waals surface area contributed by atoms with Gasteiger partial charge in [0.05, 0.1) is 22.6 Å². The van der Waals surface area contributed by atoms with Crippen LogP contribution >= 0.6 is 11.6 Å². The fourth-order valence-corrected chi connectivity index (χ4v) is 5.00. The van der Waals surface area contributed by atoms with Crippen LogP contribution in [0.5, 0.6) is 0 Å². The van der Waals surface area contributed by atoms with Crippen LogP contribution in [0.4, 0.5) is 0 Å². The normalized spacial score (nSPS) is 11.9. The summed E-state index contributed by atoms with van der Waals surface area (Å²) in [6, 6.07) is 25.6. The number of amides is 1. The Bertz CT molecular complexity index is 1680. The predicted molar refractivity (Wildman–Crippen MR) is 155 cm³/mol. The van der Waals surface area contributed by atoms with Gasteiger partial charge in [-0.15, -0.1) is 0 Å². The first-order valence-electron chi connectivity index (χ1n) is 12.8. The van der Waals surface area contributed by atoms with Gasteiger partial charge in [0.2, 0.25) is 0 Å². The maximum Gasteiger partial charge on any atom is 0.336 e. The van der Waals surface area contributed by atoms with Gasteiger partial charge in [0, 0.05) is 16.1 Å². The standard InChI is InChI=1S/C32H28ClN3O3/c1-3-7-27(20-8-5-4-6-9-20)36-31(37)21-11-13-23(26(17-21)32(38)39)25-18-22(33)12-14-24(25)30-34-28-15-10-19(2)16-29(28)35-30/h4-6,8-18,27H,3,7H2,1-2H3,(H,34,35)(H,36,37)(H,38,39)/t27-/m1/s1. The zero-order chi connectivity index (χ0) is 27.5. The molecule has 1 heterocycles. The number of halogens is 1. The van der Waals surface area contributed by atoms with Crippen molar-refractivity contribution in [2.45, 2.75) is 32.7 Å². The summed E-state index contributed by atoms with van der Waals surface area (Å²) in [6.07, 6.45) is 1.65. The number of rotatable bonds is 8. The van der Waals surface area contributed by atoms with Gasteiger partial charge in [-0.2, -0.15) is 0 Å².